The van der Waals surface area contributed by atoms with Crippen molar-refractivity contribution >= 4 is 5.91 Å². The van der Waals surface area contributed by atoms with E-state index in [0.29, 0.717) is 6.61 Å². The Kier molecular flexibility index (Phi) is 4.04. The molecule has 0 bridgehead atoms. The molecular weight excluding hydrogens is 285 g/mol. The van der Waals surface area contributed by atoms with Gasteiger partial charge < -0.3 is 15.8 Å². The van der Waals surface area contributed by atoms with Crippen LogP contribution >= 0.6 is 0 Å². The highest BCUT2D eigenvalue weighted by molar-refractivity contribution is 5.89. The van der Waals surface area contributed by atoms with Gasteiger partial charge in [0, 0.05) is 24.0 Å². The second kappa shape index (κ2) is 5.12. The molecule has 0 aromatic carbocycles. The van der Waals surface area contributed by atoms with Gasteiger partial charge in [-0.2, -0.15) is 13.2 Å². The standard InChI is InChI=1S/C14H23F3N2O2/c1-8(7-13(15,16)17)19-11(20)14(18)9-5-4-6-21-10(9)12(14,2)3/h8-10H,4-7,18H2,1-3H3,(H,19,20). The first-order chi connectivity index (χ1) is 9.50. The van der Waals surface area contributed by atoms with Gasteiger partial charge in [0.1, 0.15) is 5.54 Å². The van der Waals surface area contributed by atoms with Gasteiger partial charge in [0.05, 0.1) is 12.5 Å². The van der Waals surface area contributed by atoms with Gasteiger partial charge in [0.2, 0.25) is 5.91 Å². The Morgan fingerprint density at radius 2 is 2.10 bits per heavy atom. The van der Waals surface area contributed by atoms with Crippen molar-refractivity contribution in [3.05, 3.63) is 0 Å². The Bertz CT molecular complexity index is 425. The predicted molar refractivity (Wildman–Crippen MR) is 71.4 cm³/mol. The molecule has 21 heavy (non-hydrogen) atoms. The molecule has 0 aromatic rings. The van der Waals surface area contributed by atoms with Crippen LogP contribution in [0.5, 0.6) is 0 Å². The van der Waals surface area contributed by atoms with Crippen molar-refractivity contribution in [3.8, 4) is 0 Å². The summed E-state index contributed by atoms with van der Waals surface area (Å²) in [6.07, 6.45) is -3.87. The van der Waals surface area contributed by atoms with Crippen LogP contribution in [-0.4, -0.2) is 36.4 Å². The van der Waals surface area contributed by atoms with Crippen LogP contribution in [0.3, 0.4) is 0 Å². The van der Waals surface area contributed by atoms with E-state index in [4.69, 9.17) is 10.5 Å². The van der Waals surface area contributed by atoms with Crippen LogP contribution in [0.1, 0.15) is 40.0 Å². The molecule has 2 fully saturated rings. The number of ether oxygens (including phenoxy) is 1. The predicted octanol–water partition coefficient (Wildman–Crippen LogP) is 1.98. The van der Waals surface area contributed by atoms with E-state index in [0.717, 1.165) is 12.8 Å². The van der Waals surface area contributed by atoms with E-state index in [9.17, 15) is 18.0 Å². The number of hydrogen-bond donors (Lipinski definition) is 2. The van der Waals surface area contributed by atoms with Crippen LogP contribution in [0.4, 0.5) is 13.2 Å². The highest BCUT2D eigenvalue weighted by Gasteiger charge is 2.70. The minimum Gasteiger partial charge on any atom is -0.377 e. The maximum atomic E-state index is 12.5. The largest absolute Gasteiger partial charge is 0.391 e. The topological polar surface area (TPSA) is 64.4 Å². The molecule has 2 aliphatic rings. The number of carbonyl (C=O) groups excluding carboxylic acids is 1. The molecule has 4 unspecified atom stereocenters. The Labute approximate surface area is 122 Å². The number of hydrogen-bond acceptors (Lipinski definition) is 3. The molecule has 0 spiro atoms. The van der Waals surface area contributed by atoms with Crippen LogP contribution in [0.25, 0.3) is 0 Å². The molecule has 122 valence electrons. The second-order valence-electron chi connectivity index (χ2n) is 6.82. The number of carbonyl (C=O) groups is 1. The first-order valence-corrected chi connectivity index (χ1v) is 7.28. The molecule has 1 heterocycles. The maximum absolute atomic E-state index is 12.5. The van der Waals surface area contributed by atoms with Gasteiger partial charge in [-0.3, -0.25) is 4.79 Å². The summed E-state index contributed by atoms with van der Waals surface area (Å²) in [4.78, 5) is 12.5. The number of amides is 1. The van der Waals surface area contributed by atoms with Crippen LogP contribution in [0.2, 0.25) is 0 Å². The average Bonchev–Trinajstić information content (AvgIpc) is 2.35. The Hall–Kier alpha value is -0.820. The summed E-state index contributed by atoms with van der Waals surface area (Å²) in [5.41, 5.74) is 4.57. The molecule has 1 saturated heterocycles. The number of rotatable bonds is 3. The van der Waals surface area contributed by atoms with E-state index < -0.39 is 35.5 Å². The van der Waals surface area contributed by atoms with Crippen molar-refractivity contribution in [2.45, 2.75) is 63.9 Å². The SMILES string of the molecule is CC(CC(F)(F)F)NC(=O)C1(N)C2CCCOC2C1(C)C. The Morgan fingerprint density at radius 3 is 2.67 bits per heavy atom. The summed E-state index contributed by atoms with van der Waals surface area (Å²) < 4.78 is 42.8. The molecule has 1 amide bonds. The zero-order chi connectivity index (χ0) is 16.1. The molecule has 1 aliphatic heterocycles. The molecule has 4 nitrogen and oxygen atoms in total. The van der Waals surface area contributed by atoms with Gasteiger partial charge in [-0.1, -0.05) is 13.8 Å². The fourth-order valence-electron chi connectivity index (χ4n) is 3.78. The fourth-order valence-corrected chi connectivity index (χ4v) is 3.78. The summed E-state index contributed by atoms with van der Waals surface area (Å²) in [6.45, 7) is 5.67. The lowest BCUT2D eigenvalue weighted by atomic mass is 9.46. The van der Waals surface area contributed by atoms with E-state index in [1.807, 2.05) is 13.8 Å². The highest BCUT2D eigenvalue weighted by atomic mass is 19.4. The summed E-state index contributed by atoms with van der Waals surface area (Å²) in [5, 5.41) is 2.43. The lowest BCUT2D eigenvalue weighted by Gasteiger charge is -2.65. The first kappa shape index (κ1) is 16.5. The van der Waals surface area contributed by atoms with Crippen LogP contribution in [0, 0.1) is 11.3 Å². The molecule has 2 rings (SSSR count). The average molecular weight is 308 g/mol. The van der Waals surface area contributed by atoms with Crippen LogP contribution < -0.4 is 11.1 Å². The summed E-state index contributed by atoms with van der Waals surface area (Å²) in [5.74, 6) is -0.629. The molecule has 0 aromatic heterocycles. The van der Waals surface area contributed by atoms with Crippen LogP contribution in [0.15, 0.2) is 0 Å². The molecule has 4 atom stereocenters. The zero-order valence-electron chi connectivity index (χ0n) is 12.6. The third-order valence-electron chi connectivity index (χ3n) is 4.98. The Balaban J connectivity index is 2.07. The third-order valence-corrected chi connectivity index (χ3v) is 4.98. The fraction of sp³-hybridized carbons (Fsp3) is 0.929. The zero-order valence-corrected chi connectivity index (χ0v) is 12.6. The maximum Gasteiger partial charge on any atom is 0.391 e. The van der Waals surface area contributed by atoms with Crippen molar-refractivity contribution in [2.24, 2.45) is 17.1 Å². The Morgan fingerprint density at radius 1 is 1.48 bits per heavy atom. The normalized spacial score (nSPS) is 36.3. The summed E-state index contributed by atoms with van der Waals surface area (Å²) in [7, 11) is 0. The molecule has 3 N–H and O–H groups in total. The van der Waals surface area contributed by atoms with Gasteiger partial charge in [-0.05, 0) is 19.8 Å². The molecular formula is C14H23F3N2O2. The molecule has 1 saturated carbocycles. The lowest BCUT2D eigenvalue weighted by molar-refractivity contribution is -0.225. The quantitative estimate of drug-likeness (QED) is 0.838. The number of fused-ring (bicyclic) bond motifs is 1. The van der Waals surface area contributed by atoms with Crippen molar-refractivity contribution in [1.29, 1.82) is 0 Å². The number of nitrogens with one attached hydrogen (secondary N) is 1. The van der Waals surface area contributed by atoms with Gasteiger partial charge in [-0.25, -0.2) is 0 Å². The molecule has 0 radical (unpaired) electrons. The van der Waals surface area contributed by atoms with E-state index in [2.05, 4.69) is 5.32 Å². The van der Waals surface area contributed by atoms with Gasteiger partial charge in [0.25, 0.3) is 0 Å². The van der Waals surface area contributed by atoms with Crippen molar-refractivity contribution < 1.29 is 22.7 Å². The lowest BCUT2D eigenvalue weighted by Crippen LogP contribution is -2.82. The molecule has 1 aliphatic carbocycles. The smallest absolute Gasteiger partial charge is 0.377 e. The first-order valence-electron chi connectivity index (χ1n) is 7.28. The van der Waals surface area contributed by atoms with Gasteiger partial charge in [0.15, 0.2) is 0 Å². The van der Waals surface area contributed by atoms with Gasteiger partial charge in [-0.15, -0.1) is 0 Å². The van der Waals surface area contributed by atoms with Gasteiger partial charge >= 0.3 is 6.18 Å². The second-order valence-corrected chi connectivity index (χ2v) is 6.82. The number of nitrogens with two attached hydrogens (primary N) is 1. The number of halogens is 3. The molecule has 7 heteroatoms. The third kappa shape index (κ3) is 2.65. The summed E-state index contributed by atoms with van der Waals surface area (Å²) in [6, 6.07) is -0.989. The van der Waals surface area contributed by atoms with E-state index in [1.165, 1.54) is 6.92 Å². The monoisotopic (exact) mass is 308 g/mol. The van der Waals surface area contributed by atoms with E-state index in [-0.39, 0.29) is 12.0 Å². The van der Waals surface area contributed by atoms with Crippen molar-refractivity contribution in [2.75, 3.05) is 6.61 Å². The van der Waals surface area contributed by atoms with E-state index >= 15 is 0 Å². The number of alkyl halides is 3. The summed E-state index contributed by atoms with van der Waals surface area (Å²) >= 11 is 0. The highest BCUT2D eigenvalue weighted by Crippen LogP contribution is 2.57. The van der Waals surface area contributed by atoms with Crippen LogP contribution in [-0.2, 0) is 9.53 Å². The van der Waals surface area contributed by atoms with E-state index in [1.54, 1.807) is 0 Å². The van der Waals surface area contributed by atoms with Crippen molar-refractivity contribution in [3.63, 3.8) is 0 Å². The van der Waals surface area contributed by atoms with Crippen molar-refractivity contribution in [1.82, 2.24) is 5.32 Å². The minimum atomic E-state index is -4.31. The minimum absolute atomic E-state index is 0.0973.